The van der Waals surface area contributed by atoms with Gasteiger partial charge in [0.05, 0.1) is 5.02 Å². The van der Waals surface area contributed by atoms with Crippen LogP contribution in [0.15, 0.2) is 23.1 Å². The molecule has 0 saturated heterocycles. The topological polar surface area (TPSA) is 72.2 Å². The van der Waals surface area contributed by atoms with Crippen LogP contribution in [0.4, 0.5) is 0 Å². The Bertz CT molecular complexity index is 486. The molecule has 0 unspecified atom stereocenters. The summed E-state index contributed by atoms with van der Waals surface area (Å²) < 4.78 is 26.5. The van der Waals surface area contributed by atoms with E-state index < -0.39 is 10.0 Å². The number of nitrogens with two attached hydrogens (primary N) is 1. The molecule has 1 aromatic carbocycles. The maximum Gasteiger partial charge on any atom is 0.242 e. The molecule has 1 aromatic rings. The normalized spacial score (nSPS) is 12.1. The molecule has 0 bridgehead atoms. The zero-order chi connectivity index (χ0) is 13.1. The fourth-order valence-electron chi connectivity index (χ4n) is 1.23. The van der Waals surface area contributed by atoms with Gasteiger partial charge in [0, 0.05) is 13.1 Å². The van der Waals surface area contributed by atoms with E-state index in [9.17, 15) is 8.42 Å². The van der Waals surface area contributed by atoms with Gasteiger partial charge >= 0.3 is 0 Å². The van der Waals surface area contributed by atoms with E-state index in [2.05, 4.69) is 4.72 Å². The van der Waals surface area contributed by atoms with Crippen LogP contribution in [0.2, 0.25) is 5.02 Å². The minimum absolute atomic E-state index is 0.0859. The SMILES string of the molecule is CC(C)CNS(=O)(=O)c1cc(CN)ccc1Cl. The Balaban J connectivity index is 3.05. The van der Waals surface area contributed by atoms with Crippen LogP contribution in [0.1, 0.15) is 19.4 Å². The van der Waals surface area contributed by atoms with Gasteiger partial charge in [-0.1, -0.05) is 31.5 Å². The van der Waals surface area contributed by atoms with Crippen LogP contribution >= 0.6 is 11.6 Å². The Kier molecular flexibility index (Phi) is 4.94. The van der Waals surface area contributed by atoms with Crippen molar-refractivity contribution in [2.45, 2.75) is 25.3 Å². The number of benzene rings is 1. The standard InChI is InChI=1S/C11H17ClN2O2S/c1-8(2)7-14-17(15,16)11-5-9(6-13)3-4-10(11)12/h3-5,8,14H,6-7,13H2,1-2H3. The van der Waals surface area contributed by atoms with E-state index in [-0.39, 0.29) is 22.4 Å². The molecule has 6 heteroatoms. The molecule has 0 saturated carbocycles. The van der Waals surface area contributed by atoms with Crippen molar-refractivity contribution in [1.29, 1.82) is 0 Å². The fourth-order valence-corrected chi connectivity index (χ4v) is 3.00. The van der Waals surface area contributed by atoms with E-state index in [0.717, 1.165) is 5.56 Å². The van der Waals surface area contributed by atoms with Crippen molar-refractivity contribution in [3.8, 4) is 0 Å². The second-order valence-electron chi connectivity index (χ2n) is 4.21. The first-order chi connectivity index (χ1) is 7.86. The monoisotopic (exact) mass is 276 g/mol. The van der Waals surface area contributed by atoms with Gasteiger partial charge in [-0.3, -0.25) is 0 Å². The van der Waals surface area contributed by atoms with Gasteiger partial charge in [-0.25, -0.2) is 13.1 Å². The molecule has 0 aromatic heterocycles. The number of halogens is 1. The molecule has 0 aliphatic carbocycles. The van der Waals surface area contributed by atoms with E-state index in [0.29, 0.717) is 6.54 Å². The Labute approximate surface area is 107 Å². The molecule has 0 aliphatic rings. The van der Waals surface area contributed by atoms with Crippen LogP contribution in [0.3, 0.4) is 0 Å². The fraction of sp³-hybridized carbons (Fsp3) is 0.455. The summed E-state index contributed by atoms with van der Waals surface area (Å²) in [5.41, 5.74) is 6.21. The highest BCUT2D eigenvalue weighted by molar-refractivity contribution is 7.89. The van der Waals surface area contributed by atoms with Gasteiger partial charge in [0.25, 0.3) is 0 Å². The molecule has 1 rings (SSSR count). The van der Waals surface area contributed by atoms with Gasteiger partial charge in [0.15, 0.2) is 0 Å². The summed E-state index contributed by atoms with van der Waals surface area (Å²) in [6.07, 6.45) is 0. The number of hydrogen-bond donors (Lipinski definition) is 2. The van der Waals surface area contributed by atoms with E-state index >= 15 is 0 Å². The van der Waals surface area contributed by atoms with Gasteiger partial charge in [-0.05, 0) is 23.6 Å². The van der Waals surface area contributed by atoms with Gasteiger partial charge < -0.3 is 5.73 Å². The van der Waals surface area contributed by atoms with Crippen LogP contribution in [0.5, 0.6) is 0 Å². The van der Waals surface area contributed by atoms with E-state index in [4.69, 9.17) is 17.3 Å². The first kappa shape index (κ1) is 14.4. The van der Waals surface area contributed by atoms with Gasteiger partial charge in [0.2, 0.25) is 10.0 Å². The summed E-state index contributed by atoms with van der Waals surface area (Å²) in [6, 6.07) is 4.77. The number of rotatable bonds is 5. The van der Waals surface area contributed by atoms with Crippen molar-refractivity contribution in [3.63, 3.8) is 0 Å². The summed E-state index contributed by atoms with van der Waals surface area (Å²) in [5.74, 6) is 0.237. The third-order valence-electron chi connectivity index (χ3n) is 2.20. The molecule has 0 aliphatic heterocycles. The summed E-state index contributed by atoms with van der Waals surface area (Å²) in [4.78, 5) is 0.0859. The molecular formula is C11H17ClN2O2S. The maximum atomic E-state index is 12.0. The van der Waals surface area contributed by atoms with E-state index in [1.54, 1.807) is 12.1 Å². The first-order valence-corrected chi connectivity index (χ1v) is 7.21. The molecule has 0 spiro atoms. The summed E-state index contributed by atoms with van der Waals surface area (Å²) >= 11 is 5.89. The highest BCUT2D eigenvalue weighted by Gasteiger charge is 2.18. The largest absolute Gasteiger partial charge is 0.326 e. The maximum absolute atomic E-state index is 12.0. The molecule has 0 fully saturated rings. The minimum Gasteiger partial charge on any atom is -0.326 e. The van der Waals surface area contributed by atoms with E-state index in [1.807, 2.05) is 13.8 Å². The van der Waals surface area contributed by atoms with Crippen molar-refractivity contribution < 1.29 is 8.42 Å². The molecule has 3 N–H and O–H groups in total. The van der Waals surface area contributed by atoms with Gasteiger partial charge in [0.1, 0.15) is 4.90 Å². The Morgan fingerprint density at radius 2 is 2.06 bits per heavy atom. The third kappa shape index (κ3) is 3.96. The lowest BCUT2D eigenvalue weighted by Gasteiger charge is -2.11. The smallest absolute Gasteiger partial charge is 0.242 e. The Morgan fingerprint density at radius 1 is 1.41 bits per heavy atom. The number of hydrogen-bond acceptors (Lipinski definition) is 3. The molecule has 0 atom stereocenters. The predicted molar refractivity (Wildman–Crippen MR) is 69.4 cm³/mol. The van der Waals surface area contributed by atoms with Gasteiger partial charge in [-0.15, -0.1) is 0 Å². The molecule has 0 radical (unpaired) electrons. The lowest BCUT2D eigenvalue weighted by Crippen LogP contribution is -2.27. The predicted octanol–water partition coefficient (Wildman–Crippen LogP) is 1.73. The molecule has 17 heavy (non-hydrogen) atoms. The second-order valence-corrected chi connectivity index (χ2v) is 6.36. The lowest BCUT2D eigenvalue weighted by molar-refractivity contribution is 0.560. The van der Waals surface area contributed by atoms with E-state index in [1.165, 1.54) is 6.07 Å². The minimum atomic E-state index is -3.56. The summed E-state index contributed by atoms with van der Waals surface area (Å²) in [7, 11) is -3.56. The van der Waals surface area contributed by atoms with Crippen molar-refractivity contribution in [3.05, 3.63) is 28.8 Å². The average Bonchev–Trinajstić information content (AvgIpc) is 2.27. The molecular weight excluding hydrogens is 260 g/mol. The van der Waals surface area contributed by atoms with Crippen molar-refractivity contribution in [2.24, 2.45) is 11.7 Å². The zero-order valence-corrected chi connectivity index (χ0v) is 11.5. The Morgan fingerprint density at radius 3 is 2.59 bits per heavy atom. The summed E-state index contributed by atoms with van der Waals surface area (Å²) in [6.45, 7) is 4.52. The highest BCUT2D eigenvalue weighted by Crippen LogP contribution is 2.22. The lowest BCUT2D eigenvalue weighted by atomic mass is 10.2. The zero-order valence-electron chi connectivity index (χ0n) is 9.90. The van der Waals surface area contributed by atoms with Crippen LogP contribution in [0.25, 0.3) is 0 Å². The average molecular weight is 277 g/mol. The van der Waals surface area contributed by atoms with Gasteiger partial charge in [-0.2, -0.15) is 0 Å². The summed E-state index contributed by atoms with van der Waals surface area (Å²) in [5, 5.41) is 0.207. The first-order valence-electron chi connectivity index (χ1n) is 5.35. The van der Waals surface area contributed by atoms with Crippen molar-refractivity contribution >= 4 is 21.6 Å². The van der Waals surface area contributed by atoms with Crippen molar-refractivity contribution in [2.75, 3.05) is 6.54 Å². The molecule has 96 valence electrons. The van der Waals surface area contributed by atoms with Crippen LogP contribution in [-0.4, -0.2) is 15.0 Å². The Hall–Kier alpha value is -0.620. The van der Waals surface area contributed by atoms with Crippen molar-refractivity contribution in [1.82, 2.24) is 4.72 Å². The van der Waals surface area contributed by atoms with Crippen LogP contribution in [-0.2, 0) is 16.6 Å². The molecule has 0 amide bonds. The van der Waals surface area contributed by atoms with Crippen LogP contribution in [0, 0.1) is 5.92 Å². The van der Waals surface area contributed by atoms with Crippen LogP contribution < -0.4 is 10.5 Å². The highest BCUT2D eigenvalue weighted by atomic mass is 35.5. The number of sulfonamides is 1. The molecule has 4 nitrogen and oxygen atoms in total. The third-order valence-corrected chi connectivity index (χ3v) is 4.11. The molecule has 0 heterocycles. The number of nitrogens with one attached hydrogen (secondary N) is 1. The second kappa shape index (κ2) is 5.82. The quantitative estimate of drug-likeness (QED) is 0.860.